The van der Waals surface area contributed by atoms with Crippen LogP contribution in [-0.4, -0.2) is 22.5 Å². The van der Waals surface area contributed by atoms with Crippen LogP contribution in [0.1, 0.15) is 5.56 Å². The Hall–Kier alpha value is -2.26. The molecule has 4 nitrogen and oxygen atoms in total. The molecule has 1 heterocycles. The fourth-order valence-corrected chi connectivity index (χ4v) is 3.02. The predicted molar refractivity (Wildman–Crippen MR) is 88.6 cm³/mol. The average Bonchev–Trinajstić information content (AvgIpc) is 2.95. The van der Waals surface area contributed by atoms with E-state index in [2.05, 4.69) is 15.0 Å². The Balaban J connectivity index is 1.52. The molecule has 2 aromatic rings. The molecule has 9 heteroatoms. The van der Waals surface area contributed by atoms with Gasteiger partial charge in [0.1, 0.15) is 18.2 Å². The molecule has 132 valence electrons. The number of amidine groups is 1. The third-order valence-electron chi connectivity index (χ3n) is 3.17. The summed E-state index contributed by atoms with van der Waals surface area (Å²) in [5.74, 6) is -0.575. The molecule has 0 bridgehead atoms. The van der Waals surface area contributed by atoms with E-state index in [0.29, 0.717) is 24.1 Å². The molecule has 1 aliphatic heterocycles. The van der Waals surface area contributed by atoms with E-state index in [1.165, 1.54) is 48.3 Å². The Morgan fingerprint density at radius 1 is 1.16 bits per heavy atom. The van der Waals surface area contributed by atoms with Gasteiger partial charge < -0.3 is 10.1 Å². The van der Waals surface area contributed by atoms with Crippen LogP contribution in [0, 0.1) is 5.82 Å². The third-order valence-corrected chi connectivity index (χ3v) is 4.08. The van der Waals surface area contributed by atoms with Gasteiger partial charge in [-0.2, -0.15) is 0 Å². The molecular weight excluding hydrogens is 358 g/mol. The Morgan fingerprint density at radius 2 is 1.92 bits per heavy atom. The van der Waals surface area contributed by atoms with Crippen LogP contribution in [0.5, 0.6) is 5.75 Å². The van der Waals surface area contributed by atoms with E-state index < -0.39 is 6.36 Å². The molecule has 0 atom stereocenters. The van der Waals surface area contributed by atoms with Crippen LogP contribution >= 0.6 is 11.9 Å². The van der Waals surface area contributed by atoms with Crippen molar-refractivity contribution in [2.75, 3.05) is 12.0 Å². The summed E-state index contributed by atoms with van der Waals surface area (Å²) in [6, 6.07) is 11.7. The monoisotopic (exact) mass is 371 g/mol. The van der Waals surface area contributed by atoms with Gasteiger partial charge in [-0.05, 0) is 53.9 Å². The quantitative estimate of drug-likeness (QED) is 0.629. The van der Waals surface area contributed by atoms with Crippen molar-refractivity contribution in [3.63, 3.8) is 0 Å². The molecule has 0 fully saturated rings. The lowest BCUT2D eigenvalue weighted by atomic mass is 10.2. The Bertz CT molecular complexity index is 765. The van der Waals surface area contributed by atoms with E-state index in [0.717, 1.165) is 5.56 Å². The first-order chi connectivity index (χ1) is 11.9. The number of anilines is 1. The highest BCUT2D eigenvalue weighted by atomic mass is 32.2. The number of nitrogens with one attached hydrogen (secondary N) is 1. The predicted octanol–water partition coefficient (Wildman–Crippen LogP) is 4.61. The van der Waals surface area contributed by atoms with Gasteiger partial charge in [0.05, 0.1) is 0 Å². The van der Waals surface area contributed by atoms with E-state index in [4.69, 9.17) is 0 Å². The Kier molecular flexibility index (Phi) is 5.14. The summed E-state index contributed by atoms with van der Waals surface area (Å²) < 4.78 is 55.3. The first-order valence-corrected chi connectivity index (χ1v) is 7.99. The highest BCUT2D eigenvalue weighted by molar-refractivity contribution is 8.12. The summed E-state index contributed by atoms with van der Waals surface area (Å²) >= 11 is 1.36. The van der Waals surface area contributed by atoms with E-state index in [9.17, 15) is 17.6 Å². The Labute approximate surface area is 145 Å². The molecule has 2 aromatic carbocycles. The first-order valence-electron chi connectivity index (χ1n) is 7.22. The molecule has 0 radical (unpaired) electrons. The van der Waals surface area contributed by atoms with Gasteiger partial charge in [-0.3, -0.25) is 0 Å². The number of ether oxygens (including phenoxy) is 1. The molecule has 0 amide bonds. The summed E-state index contributed by atoms with van der Waals surface area (Å²) in [5, 5.41) is 3.63. The van der Waals surface area contributed by atoms with Crippen LogP contribution in [0.4, 0.5) is 23.2 Å². The third kappa shape index (κ3) is 5.36. The second-order valence-electron chi connectivity index (χ2n) is 5.16. The molecule has 3 rings (SSSR count). The maximum Gasteiger partial charge on any atom is 0.573 e. The summed E-state index contributed by atoms with van der Waals surface area (Å²) in [7, 11) is 0. The minimum Gasteiger partial charge on any atom is -0.406 e. The lowest BCUT2D eigenvalue weighted by molar-refractivity contribution is -0.274. The van der Waals surface area contributed by atoms with Gasteiger partial charge >= 0.3 is 6.36 Å². The standard InChI is InChI=1S/C16H13F4N3OS/c17-12-3-1-2-11(8-12)9-23-10-21-15(25-23)22-13-4-6-14(7-5-13)24-16(18,19)20/h1-8H,9-10H2,(H,21,22). The molecule has 0 saturated heterocycles. The second-order valence-corrected chi connectivity index (χ2v) is 6.25. The second kappa shape index (κ2) is 7.32. The van der Waals surface area contributed by atoms with Crippen molar-refractivity contribution in [3.8, 4) is 5.75 Å². The SMILES string of the molecule is Fc1cccc(CN2CN=C(Nc3ccc(OC(F)(F)F)cc3)S2)c1. The van der Waals surface area contributed by atoms with Crippen molar-refractivity contribution in [1.82, 2.24) is 4.31 Å². The van der Waals surface area contributed by atoms with Gasteiger partial charge in [0.15, 0.2) is 5.17 Å². The number of benzene rings is 2. The van der Waals surface area contributed by atoms with E-state index in [-0.39, 0.29) is 11.6 Å². The maximum absolute atomic E-state index is 13.2. The van der Waals surface area contributed by atoms with Crippen LogP contribution in [0.15, 0.2) is 53.5 Å². The molecule has 0 aromatic heterocycles. The minimum absolute atomic E-state index is 0.285. The van der Waals surface area contributed by atoms with Gasteiger partial charge in [0.2, 0.25) is 0 Å². The zero-order chi connectivity index (χ0) is 17.9. The first kappa shape index (κ1) is 17.6. The number of alkyl halides is 3. The molecular formula is C16H13F4N3OS. The van der Waals surface area contributed by atoms with Gasteiger partial charge in [-0.1, -0.05) is 12.1 Å². The number of nitrogens with zero attached hydrogens (tertiary/aromatic N) is 2. The van der Waals surface area contributed by atoms with E-state index >= 15 is 0 Å². The van der Waals surface area contributed by atoms with Gasteiger partial charge in [0, 0.05) is 12.2 Å². The average molecular weight is 371 g/mol. The van der Waals surface area contributed by atoms with Crippen LogP contribution in [-0.2, 0) is 6.54 Å². The highest BCUT2D eigenvalue weighted by Gasteiger charge is 2.31. The fraction of sp³-hybridized carbons (Fsp3) is 0.188. The van der Waals surface area contributed by atoms with Crippen molar-refractivity contribution in [3.05, 3.63) is 59.9 Å². The zero-order valence-electron chi connectivity index (χ0n) is 12.8. The van der Waals surface area contributed by atoms with Crippen LogP contribution in [0.2, 0.25) is 0 Å². The summed E-state index contributed by atoms with van der Waals surface area (Å²) in [6.07, 6.45) is -4.71. The summed E-state index contributed by atoms with van der Waals surface area (Å²) in [6.45, 7) is 0.953. The smallest absolute Gasteiger partial charge is 0.406 e. The zero-order valence-corrected chi connectivity index (χ0v) is 13.6. The van der Waals surface area contributed by atoms with Gasteiger partial charge in [-0.25, -0.2) is 13.7 Å². The van der Waals surface area contributed by atoms with Crippen molar-refractivity contribution in [1.29, 1.82) is 0 Å². The molecule has 0 spiro atoms. The molecule has 25 heavy (non-hydrogen) atoms. The normalized spacial score (nSPS) is 15.1. The van der Waals surface area contributed by atoms with E-state index in [1.54, 1.807) is 6.07 Å². The molecule has 0 unspecified atom stereocenters. The van der Waals surface area contributed by atoms with Gasteiger partial charge in [0.25, 0.3) is 0 Å². The molecule has 1 N–H and O–H groups in total. The number of hydrogen-bond donors (Lipinski definition) is 1. The minimum atomic E-state index is -4.71. The Morgan fingerprint density at radius 3 is 2.60 bits per heavy atom. The number of halogens is 4. The molecule has 1 aliphatic rings. The van der Waals surface area contributed by atoms with Crippen molar-refractivity contribution in [2.45, 2.75) is 12.9 Å². The highest BCUT2D eigenvalue weighted by Crippen LogP contribution is 2.26. The number of rotatable bonds is 4. The van der Waals surface area contributed by atoms with Crippen molar-refractivity contribution >= 4 is 22.8 Å². The van der Waals surface area contributed by atoms with Crippen LogP contribution < -0.4 is 10.1 Å². The van der Waals surface area contributed by atoms with Gasteiger partial charge in [-0.15, -0.1) is 13.2 Å². The summed E-state index contributed by atoms with van der Waals surface area (Å²) in [4.78, 5) is 4.30. The maximum atomic E-state index is 13.2. The molecule has 0 aliphatic carbocycles. The topological polar surface area (TPSA) is 36.9 Å². The summed E-state index contributed by atoms with van der Waals surface area (Å²) in [5.41, 5.74) is 1.42. The molecule has 0 saturated carbocycles. The van der Waals surface area contributed by atoms with Crippen molar-refractivity contribution in [2.24, 2.45) is 4.99 Å². The lowest BCUT2D eigenvalue weighted by Gasteiger charge is -2.13. The number of aliphatic imine (C=N–C) groups is 1. The van der Waals surface area contributed by atoms with E-state index in [1.807, 2.05) is 10.4 Å². The van der Waals surface area contributed by atoms with Crippen molar-refractivity contribution < 1.29 is 22.3 Å². The largest absolute Gasteiger partial charge is 0.573 e. The van der Waals surface area contributed by atoms with Crippen LogP contribution in [0.3, 0.4) is 0 Å². The number of hydrogen-bond acceptors (Lipinski definition) is 5. The lowest BCUT2D eigenvalue weighted by Crippen LogP contribution is -2.17. The fourth-order valence-electron chi connectivity index (χ4n) is 2.17. The van der Waals surface area contributed by atoms with Crippen LogP contribution in [0.25, 0.3) is 0 Å².